The van der Waals surface area contributed by atoms with Gasteiger partial charge >= 0.3 is 5.97 Å². The van der Waals surface area contributed by atoms with E-state index in [0.717, 1.165) is 63.1 Å². The summed E-state index contributed by atoms with van der Waals surface area (Å²) in [5.74, 6) is 0.936. The summed E-state index contributed by atoms with van der Waals surface area (Å²) in [6.07, 6.45) is 8.11. The molecule has 0 radical (unpaired) electrons. The molecule has 1 aliphatic carbocycles. The minimum Gasteiger partial charge on any atom is -0.464 e. The molecule has 154 valence electrons. The number of esters is 1. The number of rotatable bonds is 7. The molecule has 2 aromatic rings. The lowest BCUT2D eigenvalue weighted by molar-refractivity contribution is 0.0594. The zero-order valence-electron chi connectivity index (χ0n) is 17.2. The Hall–Kier alpha value is -2.47. The normalized spacial score (nSPS) is 17.2. The molecular weight excluding hydrogens is 366 g/mol. The molecule has 0 spiro atoms. The van der Waals surface area contributed by atoms with Gasteiger partial charge in [-0.2, -0.15) is 0 Å². The van der Waals surface area contributed by atoms with Gasteiger partial charge in [0.05, 0.1) is 19.0 Å². The van der Waals surface area contributed by atoms with Crippen LogP contribution in [0.2, 0.25) is 0 Å². The maximum atomic E-state index is 12.4. The molecule has 1 aliphatic heterocycles. The maximum Gasteiger partial charge on any atom is 0.360 e. The van der Waals surface area contributed by atoms with Crippen LogP contribution >= 0.6 is 0 Å². The van der Waals surface area contributed by atoms with Gasteiger partial charge in [0.15, 0.2) is 11.5 Å². The van der Waals surface area contributed by atoms with E-state index in [1.165, 1.54) is 18.2 Å². The van der Waals surface area contributed by atoms with Crippen LogP contribution in [0.1, 0.15) is 78.2 Å². The van der Waals surface area contributed by atoms with Crippen molar-refractivity contribution in [3.05, 3.63) is 46.9 Å². The molecule has 2 aliphatic rings. The molecule has 1 N–H and O–H groups in total. The van der Waals surface area contributed by atoms with Gasteiger partial charge in [-0.1, -0.05) is 25.5 Å². The highest BCUT2D eigenvalue weighted by atomic mass is 16.5. The summed E-state index contributed by atoms with van der Waals surface area (Å²) in [4.78, 5) is 21.5. The van der Waals surface area contributed by atoms with Gasteiger partial charge in [-0.25, -0.2) is 14.8 Å². The van der Waals surface area contributed by atoms with Gasteiger partial charge < -0.3 is 14.8 Å². The average molecular weight is 396 g/mol. The summed E-state index contributed by atoms with van der Waals surface area (Å²) in [5, 5.41) is 3.40. The van der Waals surface area contributed by atoms with Crippen molar-refractivity contribution >= 4 is 17.5 Å². The molecular formula is C23H29N3O3. The fraction of sp³-hybridized carbons (Fsp3) is 0.522. The Kier molecular flexibility index (Phi) is 6.09. The summed E-state index contributed by atoms with van der Waals surface area (Å²) in [5.41, 5.74) is 4.80. The largest absolute Gasteiger partial charge is 0.464 e. The van der Waals surface area contributed by atoms with Gasteiger partial charge in [0.2, 0.25) is 0 Å². The Morgan fingerprint density at radius 1 is 1.21 bits per heavy atom. The van der Waals surface area contributed by atoms with Crippen LogP contribution in [0.15, 0.2) is 24.4 Å². The van der Waals surface area contributed by atoms with Gasteiger partial charge in [0.1, 0.15) is 0 Å². The SMILES string of the molecule is CCCc1c(Nc2ncc(C3CC3)nc2C(=O)OC)cccc1C1CCOCC1. The van der Waals surface area contributed by atoms with Crippen LogP contribution < -0.4 is 5.32 Å². The van der Waals surface area contributed by atoms with Crippen molar-refractivity contribution in [1.29, 1.82) is 0 Å². The van der Waals surface area contributed by atoms with Crippen molar-refractivity contribution in [1.82, 2.24) is 9.97 Å². The first-order valence-corrected chi connectivity index (χ1v) is 10.6. The molecule has 1 saturated carbocycles. The van der Waals surface area contributed by atoms with Crippen LogP contribution in [0.3, 0.4) is 0 Å². The van der Waals surface area contributed by atoms with Crippen molar-refractivity contribution < 1.29 is 14.3 Å². The van der Waals surface area contributed by atoms with Crippen LogP contribution in [0, 0.1) is 0 Å². The maximum absolute atomic E-state index is 12.4. The number of nitrogens with one attached hydrogen (secondary N) is 1. The molecule has 6 nitrogen and oxygen atoms in total. The summed E-state index contributed by atoms with van der Waals surface area (Å²) in [7, 11) is 1.38. The van der Waals surface area contributed by atoms with E-state index in [9.17, 15) is 4.79 Å². The average Bonchev–Trinajstić information content (AvgIpc) is 3.61. The molecule has 0 amide bonds. The van der Waals surface area contributed by atoms with E-state index in [0.29, 0.717) is 17.7 Å². The quantitative estimate of drug-likeness (QED) is 0.683. The highest BCUT2D eigenvalue weighted by Gasteiger charge is 2.28. The Labute approximate surface area is 172 Å². The lowest BCUT2D eigenvalue weighted by Gasteiger charge is -2.26. The van der Waals surface area contributed by atoms with Crippen molar-refractivity contribution in [2.24, 2.45) is 0 Å². The van der Waals surface area contributed by atoms with E-state index >= 15 is 0 Å². The Morgan fingerprint density at radius 2 is 2.00 bits per heavy atom. The highest BCUT2D eigenvalue weighted by Crippen LogP contribution is 2.39. The van der Waals surface area contributed by atoms with E-state index in [1.54, 1.807) is 6.20 Å². The molecule has 0 unspecified atom stereocenters. The monoisotopic (exact) mass is 395 g/mol. The molecule has 2 fully saturated rings. The predicted molar refractivity (Wildman–Crippen MR) is 112 cm³/mol. The Balaban J connectivity index is 1.69. The zero-order chi connectivity index (χ0) is 20.2. The van der Waals surface area contributed by atoms with Gasteiger partial charge in [-0.15, -0.1) is 0 Å². The molecule has 1 aromatic heterocycles. The molecule has 29 heavy (non-hydrogen) atoms. The second-order valence-corrected chi connectivity index (χ2v) is 7.89. The van der Waals surface area contributed by atoms with E-state index in [4.69, 9.17) is 9.47 Å². The topological polar surface area (TPSA) is 73.3 Å². The third-order valence-electron chi connectivity index (χ3n) is 5.79. The molecule has 0 bridgehead atoms. The Bertz CT molecular complexity index is 874. The molecule has 1 aromatic carbocycles. The standard InChI is InChI=1S/C23H29N3O3/c1-3-5-18-17(15-10-12-29-13-11-15)6-4-7-19(18)26-22-21(23(27)28-2)25-20(14-24-22)16-8-9-16/h4,6-7,14-16H,3,5,8-13H2,1-2H3,(H,24,26). The minimum absolute atomic E-state index is 0.260. The number of nitrogens with zero attached hydrogens (tertiary/aromatic N) is 2. The summed E-state index contributed by atoms with van der Waals surface area (Å²) in [6.45, 7) is 3.82. The summed E-state index contributed by atoms with van der Waals surface area (Å²) >= 11 is 0. The van der Waals surface area contributed by atoms with Gasteiger partial charge in [0.25, 0.3) is 0 Å². The molecule has 1 saturated heterocycles. The van der Waals surface area contributed by atoms with Gasteiger partial charge in [-0.05, 0) is 55.2 Å². The minimum atomic E-state index is -0.458. The fourth-order valence-corrected chi connectivity index (χ4v) is 4.08. The van der Waals surface area contributed by atoms with E-state index in [2.05, 4.69) is 40.4 Å². The second kappa shape index (κ2) is 8.91. The van der Waals surface area contributed by atoms with Crippen LogP contribution in [-0.2, 0) is 15.9 Å². The lowest BCUT2D eigenvalue weighted by atomic mass is 9.86. The lowest BCUT2D eigenvalue weighted by Crippen LogP contribution is -2.16. The second-order valence-electron chi connectivity index (χ2n) is 7.89. The number of anilines is 2. The molecule has 4 rings (SSSR count). The van der Waals surface area contributed by atoms with Crippen molar-refractivity contribution in [3.63, 3.8) is 0 Å². The third kappa shape index (κ3) is 4.42. The number of hydrogen-bond acceptors (Lipinski definition) is 6. The van der Waals surface area contributed by atoms with Gasteiger partial charge in [0, 0.05) is 24.8 Å². The zero-order valence-corrected chi connectivity index (χ0v) is 17.2. The van der Waals surface area contributed by atoms with Crippen molar-refractivity contribution in [2.45, 2.75) is 57.3 Å². The Morgan fingerprint density at radius 3 is 2.69 bits per heavy atom. The molecule has 0 atom stereocenters. The van der Waals surface area contributed by atoms with E-state index in [-0.39, 0.29) is 5.69 Å². The summed E-state index contributed by atoms with van der Waals surface area (Å²) < 4.78 is 10.5. The predicted octanol–water partition coefficient (Wildman–Crippen LogP) is 4.73. The van der Waals surface area contributed by atoms with Crippen LogP contribution in [0.4, 0.5) is 11.5 Å². The van der Waals surface area contributed by atoms with E-state index < -0.39 is 5.97 Å². The number of methoxy groups -OCH3 is 1. The highest BCUT2D eigenvalue weighted by molar-refractivity contribution is 5.93. The number of carbonyl (C=O) groups is 1. The van der Waals surface area contributed by atoms with Crippen LogP contribution in [0.25, 0.3) is 0 Å². The van der Waals surface area contributed by atoms with Crippen molar-refractivity contribution in [3.8, 4) is 0 Å². The number of ether oxygens (including phenoxy) is 2. The molecule has 6 heteroatoms. The molecule has 2 heterocycles. The number of benzene rings is 1. The van der Waals surface area contributed by atoms with Gasteiger partial charge in [-0.3, -0.25) is 0 Å². The first-order chi connectivity index (χ1) is 14.2. The number of aromatic nitrogens is 2. The first kappa shape index (κ1) is 19.8. The number of carbonyl (C=O) groups excluding carboxylic acids is 1. The van der Waals surface area contributed by atoms with Crippen LogP contribution in [-0.4, -0.2) is 36.3 Å². The fourth-order valence-electron chi connectivity index (χ4n) is 4.08. The number of hydrogen-bond donors (Lipinski definition) is 1. The van der Waals surface area contributed by atoms with E-state index in [1.807, 2.05) is 0 Å². The smallest absolute Gasteiger partial charge is 0.360 e. The van der Waals surface area contributed by atoms with Crippen molar-refractivity contribution in [2.75, 3.05) is 25.6 Å². The first-order valence-electron chi connectivity index (χ1n) is 10.6. The van der Waals surface area contributed by atoms with Crippen LogP contribution in [0.5, 0.6) is 0 Å². The summed E-state index contributed by atoms with van der Waals surface area (Å²) in [6, 6.07) is 6.37. The third-order valence-corrected chi connectivity index (χ3v) is 5.79.